The van der Waals surface area contributed by atoms with E-state index in [0.29, 0.717) is 0 Å². The number of H-pyrrole nitrogens is 1. The molecule has 0 bridgehead atoms. The number of anilines is 1. The van der Waals surface area contributed by atoms with Gasteiger partial charge in [0.2, 0.25) is 0 Å². The van der Waals surface area contributed by atoms with Crippen molar-refractivity contribution in [2.24, 2.45) is 0 Å². The molecule has 128 valence electrons. The number of hydrogen-bond acceptors (Lipinski definition) is 2. The van der Waals surface area contributed by atoms with Gasteiger partial charge < -0.3 is 19.8 Å². The van der Waals surface area contributed by atoms with Crippen molar-refractivity contribution in [1.82, 2.24) is 19.4 Å². The van der Waals surface area contributed by atoms with Crippen LogP contribution < -0.4 is 5.32 Å². The average molecular weight is 335 g/mol. The minimum absolute atomic E-state index is 0.0105. The third kappa shape index (κ3) is 3.28. The number of nitrogens with one attached hydrogen (secondary N) is 2. The zero-order chi connectivity index (χ0) is 17.1. The molecular formula is C19H21N5O. The highest BCUT2D eigenvalue weighted by Gasteiger charge is 2.29. The molecule has 2 aromatic heterocycles. The Morgan fingerprint density at radius 2 is 2.08 bits per heavy atom. The predicted octanol–water partition coefficient (Wildman–Crippen LogP) is 3.96. The molecule has 0 spiro atoms. The predicted molar refractivity (Wildman–Crippen MR) is 96.7 cm³/mol. The molecular weight excluding hydrogens is 314 g/mol. The van der Waals surface area contributed by atoms with Crippen molar-refractivity contribution < 1.29 is 4.79 Å². The number of piperidine rings is 1. The van der Waals surface area contributed by atoms with Crippen LogP contribution in [-0.4, -0.2) is 32.0 Å². The van der Waals surface area contributed by atoms with E-state index in [4.69, 9.17) is 0 Å². The van der Waals surface area contributed by atoms with Crippen molar-refractivity contribution in [2.45, 2.75) is 25.3 Å². The number of urea groups is 1. The highest BCUT2D eigenvalue weighted by atomic mass is 16.2. The fourth-order valence-corrected chi connectivity index (χ4v) is 3.36. The van der Waals surface area contributed by atoms with Crippen LogP contribution in [0.1, 0.15) is 31.1 Å². The first-order valence-corrected chi connectivity index (χ1v) is 8.61. The van der Waals surface area contributed by atoms with E-state index < -0.39 is 0 Å². The summed E-state index contributed by atoms with van der Waals surface area (Å²) in [6, 6.07) is 11.7. The third-order valence-electron chi connectivity index (χ3n) is 4.60. The first kappa shape index (κ1) is 15.5. The Morgan fingerprint density at radius 3 is 2.88 bits per heavy atom. The van der Waals surface area contributed by atoms with E-state index in [1.807, 2.05) is 58.3 Å². The minimum Gasteiger partial charge on any atom is -0.347 e. The normalized spacial score (nSPS) is 17.4. The molecule has 25 heavy (non-hydrogen) atoms. The van der Waals surface area contributed by atoms with Crippen molar-refractivity contribution >= 4 is 11.7 Å². The molecule has 3 heterocycles. The smallest absolute Gasteiger partial charge is 0.322 e. The molecule has 1 saturated heterocycles. The maximum absolute atomic E-state index is 12.8. The van der Waals surface area contributed by atoms with Crippen molar-refractivity contribution in [2.75, 3.05) is 11.9 Å². The maximum Gasteiger partial charge on any atom is 0.322 e. The summed E-state index contributed by atoms with van der Waals surface area (Å²) in [5, 5.41) is 3.04. The highest BCUT2D eigenvalue weighted by molar-refractivity contribution is 5.90. The molecule has 0 unspecified atom stereocenters. The van der Waals surface area contributed by atoms with Crippen LogP contribution in [0.5, 0.6) is 0 Å². The molecule has 1 aliphatic heterocycles. The molecule has 2 N–H and O–H groups in total. The van der Waals surface area contributed by atoms with Crippen LogP contribution >= 0.6 is 0 Å². The lowest BCUT2D eigenvalue weighted by atomic mass is 10.0. The number of benzene rings is 1. The fourth-order valence-electron chi connectivity index (χ4n) is 3.36. The van der Waals surface area contributed by atoms with E-state index in [1.165, 1.54) is 0 Å². The van der Waals surface area contributed by atoms with Crippen LogP contribution in [0, 0.1) is 0 Å². The van der Waals surface area contributed by atoms with Gasteiger partial charge in [-0.3, -0.25) is 0 Å². The van der Waals surface area contributed by atoms with E-state index in [-0.39, 0.29) is 12.1 Å². The van der Waals surface area contributed by atoms with E-state index in [9.17, 15) is 4.79 Å². The largest absolute Gasteiger partial charge is 0.347 e. The van der Waals surface area contributed by atoms with Crippen molar-refractivity contribution in [3.05, 3.63) is 67.0 Å². The van der Waals surface area contributed by atoms with Gasteiger partial charge in [0.15, 0.2) is 0 Å². The first-order chi connectivity index (χ1) is 12.3. The van der Waals surface area contributed by atoms with Crippen molar-refractivity contribution in [3.63, 3.8) is 0 Å². The van der Waals surface area contributed by atoms with E-state index >= 15 is 0 Å². The molecule has 3 aromatic rings. The average Bonchev–Trinajstić information content (AvgIpc) is 3.36. The standard InChI is InChI=1S/C19H21N5O/c25-19(24-13-2-1-8-17(24)18-20-9-10-21-18)22-15-6-5-7-16(14-15)23-11-3-4-12-23/h3-7,9-12,14,17H,1-2,8,13H2,(H,20,21)(H,22,25)/t17-/m0/s1. The Labute approximate surface area is 146 Å². The molecule has 1 aromatic carbocycles. The summed E-state index contributed by atoms with van der Waals surface area (Å²) in [6.45, 7) is 0.745. The third-order valence-corrected chi connectivity index (χ3v) is 4.60. The second kappa shape index (κ2) is 6.84. The summed E-state index contributed by atoms with van der Waals surface area (Å²) in [7, 11) is 0. The van der Waals surface area contributed by atoms with Crippen LogP contribution in [0.3, 0.4) is 0 Å². The quantitative estimate of drug-likeness (QED) is 0.761. The van der Waals surface area contributed by atoms with Gasteiger partial charge in [-0.1, -0.05) is 6.07 Å². The number of nitrogens with zero attached hydrogens (tertiary/aromatic N) is 3. The number of hydrogen-bond donors (Lipinski definition) is 2. The van der Waals surface area contributed by atoms with Crippen LogP contribution in [0.2, 0.25) is 0 Å². The Bertz CT molecular complexity index is 825. The zero-order valence-corrected chi connectivity index (χ0v) is 13.9. The molecule has 6 nitrogen and oxygen atoms in total. The number of rotatable bonds is 3. The monoisotopic (exact) mass is 335 g/mol. The summed E-state index contributed by atoms with van der Waals surface area (Å²) in [5.74, 6) is 0.857. The van der Waals surface area contributed by atoms with Gasteiger partial charge in [0, 0.05) is 42.7 Å². The summed E-state index contributed by atoms with van der Waals surface area (Å²) >= 11 is 0. The SMILES string of the molecule is O=C(Nc1cccc(-n2cccc2)c1)N1CCCC[C@H]1c1ncc[nH]1. The number of carbonyl (C=O) groups excluding carboxylic acids is 1. The lowest BCUT2D eigenvalue weighted by Gasteiger charge is -2.34. The van der Waals surface area contributed by atoms with Gasteiger partial charge >= 0.3 is 6.03 Å². The number of aromatic nitrogens is 3. The van der Waals surface area contributed by atoms with Gasteiger partial charge in [0.05, 0.1) is 6.04 Å². The molecule has 6 heteroatoms. The zero-order valence-electron chi connectivity index (χ0n) is 13.9. The Morgan fingerprint density at radius 1 is 1.20 bits per heavy atom. The molecule has 1 fully saturated rings. The lowest BCUT2D eigenvalue weighted by Crippen LogP contribution is -2.41. The van der Waals surface area contributed by atoms with Gasteiger partial charge in [0.25, 0.3) is 0 Å². The van der Waals surface area contributed by atoms with E-state index in [2.05, 4.69) is 15.3 Å². The van der Waals surface area contributed by atoms with Gasteiger partial charge in [-0.25, -0.2) is 9.78 Å². The second-order valence-electron chi connectivity index (χ2n) is 6.25. The van der Waals surface area contributed by atoms with Crippen molar-refractivity contribution in [3.8, 4) is 5.69 Å². The Balaban J connectivity index is 1.52. The van der Waals surface area contributed by atoms with Crippen LogP contribution in [0.15, 0.2) is 61.2 Å². The molecule has 0 saturated carbocycles. The Hall–Kier alpha value is -3.02. The fraction of sp³-hybridized carbons (Fsp3) is 0.263. The molecule has 4 rings (SSSR count). The summed E-state index contributed by atoms with van der Waals surface area (Å²) in [6.07, 6.45) is 10.6. The first-order valence-electron chi connectivity index (χ1n) is 8.61. The highest BCUT2D eigenvalue weighted by Crippen LogP contribution is 2.29. The van der Waals surface area contributed by atoms with Crippen LogP contribution in [0.25, 0.3) is 5.69 Å². The van der Waals surface area contributed by atoms with Gasteiger partial charge in [-0.2, -0.15) is 0 Å². The van der Waals surface area contributed by atoms with Crippen LogP contribution in [0.4, 0.5) is 10.5 Å². The van der Waals surface area contributed by atoms with Gasteiger partial charge in [-0.05, 0) is 49.6 Å². The number of imidazole rings is 1. The van der Waals surface area contributed by atoms with Gasteiger partial charge in [0.1, 0.15) is 5.82 Å². The van der Waals surface area contributed by atoms with E-state index in [1.54, 1.807) is 12.4 Å². The summed E-state index contributed by atoms with van der Waals surface area (Å²) in [4.78, 5) is 22.2. The second-order valence-corrected chi connectivity index (χ2v) is 6.25. The number of likely N-dealkylation sites (tertiary alicyclic amines) is 1. The molecule has 2 amide bonds. The minimum atomic E-state index is -0.0780. The lowest BCUT2D eigenvalue weighted by molar-refractivity contribution is 0.160. The Kier molecular flexibility index (Phi) is 4.24. The summed E-state index contributed by atoms with van der Waals surface area (Å²) < 4.78 is 2.02. The molecule has 1 atom stereocenters. The van der Waals surface area contributed by atoms with Crippen LogP contribution in [-0.2, 0) is 0 Å². The topological polar surface area (TPSA) is 66.0 Å². The molecule has 0 radical (unpaired) electrons. The van der Waals surface area contributed by atoms with Gasteiger partial charge in [-0.15, -0.1) is 0 Å². The van der Waals surface area contributed by atoms with Crippen molar-refractivity contribution in [1.29, 1.82) is 0 Å². The summed E-state index contributed by atoms with van der Waals surface area (Å²) in [5.41, 5.74) is 1.81. The molecule has 1 aliphatic rings. The number of aromatic amines is 1. The number of carbonyl (C=O) groups is 1. The maximum atomic E-state index is 12.8. The number of amides is 2. The molecule has 0 aliphatic carbocycles. The van der Waals surface area contributed by atoms with E-state index in [0.717, 1.165) is 43.0 Å².